The van der Waals surface area contributed by atoms with Crippen LogP contribution in [0.3, 0.4) is 0 Å². The molecule has 1 heterocycles. The van der Waals surface area contributed by atoms with E-state index in [2.05, 4.69) is 6.92 Å². The Balaban J connectivity index is 2.09. The Hall–Kier alpha value is -0.120. The Morgan fingerprint density at radius 2 is 2.38 bits per heavy atom. The summed E-state index contributed by atoms with van der Waals surface area (Å²) in [5.74, 6) is 0. The highest BCUT2D eigenvalue weighted by atomic mass is 16.7. The van der Waals surface area contributed by atoms with E-state index in [4.69, 9.17) is 14.2 Å². The van der Waals surface area contributed by atoms with E-state index in [0.29, 0.717) is 6.61 Å². The van der Waals surface area contributed by atoms with Crippen molar-refractivity contribution < 1.29 is 14.2 Å². The van der Waals surface area contributed by atoms with Crippen molar-refractivity contribution in [2.45, 2.75) is 38.1 Å². The average Bonchev–Trinajstić information content (AvgIpc) is 2.21. The maximum atomic E-state index is 5.54. The van der Waals surface area contributed by atoms with Crippen LogP contribution in [0, 0.1) is 6.92 Å². The lowest BCUT2D eigenvalue weighted by Crippen LogP contribution is -2.27. The lowest BCUT2D eigenvalue weighted by Gasteiger charge is -2.24. The molecule has 0 amide bonds. The summed E-state index contributed by atoms with van der Waals surface area (Å²) in [5.41, 5.74) is 0. The summed E-state index contributed by atoms with van der Waals surface area (Å²) in [6.45, 7) is 5.19. The number of methoxy groups -OCH3 is 1. The van der Waals surface area contributed by atoms with Gasteiger partial charge in [0, 0.05) is 13.7 Å². The molecule has 0 aliphatic carbocycles. The molecule has 1 aliphatic heterocycles. The summed E-state index contributed by atoms with van der Waals surface area (Å²) in [5, 5.41) is 0. The van der Waals surface area contributed by atoms with Crippen LogP contribution < -0.4 is 0 Å². The molecule has 2 unspecified atom stereocenters. The molecular formula is C10H19O3. The fraction of sp³-hybridized carbons (Fsp3) is 0.900. The van der Waals surface area contributed by atoms with Crippen molar-refractivity contribution in [3.05, 3.63) is 6.92 Å². The Bertz CT molecular complexity index is 117. The van der Waals surface area contributed by atoms with Crippen LogP contribution in [0.15, 0.2) is 0 Å². The summed E-state index contributed by atoms with van der Waals surface area (Å²) < 4.78 is 16.1. The van der Waals surface area contributed by atoms with Gasteiger partial charge in [0.15, 0.2) is 6.29 Å². The largest absolute Gasteiger partial charge is 0.379 e. The third kappa shape index (κ3) is 4.07. The van der Waals surface area contributed by atoms with E-state index in [0.717, 1.165) is 25.9 Å². The van der Waals surface area contributed by atoms with Crippen LogP contribution in [0.25, 0.3) is 0 Å². The van der Waals surface area contributed by atoms with E-state index in [1.54, 1.807) is 7.11 Å². The highest BCUT2D eigenvalue weighted by Crippen LogP contribution is 2.14. The van der Waals surface area contributed by atoms with Crippen molar-refractivity contribution in [2.24, 2.45) is 0 Å². The summed E-state index contributed by atoms with van der Waals surface area (Å²) >= 11 is 0. The second-order valence-electron chi connectivity index (χ2n) is 3.28. The third-order valence-electron chi connectivity index (χ3n) is 2.26. The molecule has 1 rings (SSSR count). The molecule has 2 atom stereocenters. The number of rotatable bonds is 5. The Morgan fingerprint density at radius 3 is 2.92 bits per heavy atom. The molecule has 1 aliphatic rings. The zero-order valence-electron chi connectivity index (χ0n) is 8.33. The Labute approximate surface area is 80.4 Å². The zero-order chi connectivity index (χ0) is 9.52. The van der Waals surface area contributed by atoms with Crippen molar-refractivity contribution >= 4 is 0 Å². The van der Waals surface area contributed by atoms with Gasteiger partial charge in [-0.05, 0) is 25.7 Å². The monoisotopic (exact) mass is 187 g/mol. The van der Waals surface area contributed by atoms with Crippen molar-refractivity contribution in [2.75, 3.05) is 20.3 Å². The first-order chi connectivity index (χ1) is 6.36. The standard InChI is InChI=1S/C10H19O3/c1-3-9(11-2)8-13-10-6-4-5-7-12-10/h9-10H,1,3-8H2,2H3. The lowest BCUT2D eigenvalue weighted by atomic mass is 10.2. The highest BCUT2D eigenvalue weighted by molar-refractivity contribution is 4.60. The van der Waals surface area contributed by atoms with Gasteiger partial charge >= 0.3 is 0 Å². The van der Waals surface area contributed by atoms with Gasteiger partial charge in [0.25, 0.3) is 0 Å². The summed E-state index contributed by atoms with van der Waals surface area (Å²) in [4.78, 5) is 0. The molecule has 1 radical (unpaired) electrons. The average molecular weight is 187 g/mol. The van der Waals surface area contributed by atoms with E-state index in [9.17, 15) is 0 Å². The van der Waals surface area contributed by atoms with Gasteiger partial charge in [0.05, 0.1) is 12.7 Å². The number of hydrogen-bond acceptors (Lipinski definition) is 3. The molecule has 77 valence electrons. The molecule has 0 aromatic carbocycles. The summed E-state index contributed by atoms with van der Waals surface area (Å²) in [6, 6.07) is 0. The van der Waals surface area contributed by atoms with E-state index in [-0.39, 0.29) is 12.4 Å². The molecule has 1 fully saturated rings. The van der Waals surface area contributed by atoms with Crippen LogP contribution in [0.5, 0.6) is 0 Å². The first-order valence-corrected chi connectivity index (χ1v) is 4.92. The fourth-order valence-electron chi connectivity index (χ4n) is 1.33. The van der Waals surface area contributed by atoms with Crippen LogP contribution >= 0.6 is 0 Å². The number of ether oxygens (including phenoxy) is 3. The third-order valence-corrected chi connectivity index (χ3v) is 2.26. The van der Waals surface area contributed by atoms with Gasteiger partial charge in [-0.25, -0.2) is 0 Å². The molecule has 13 heavy (non-hydrogen) atoms. The molecule has 0 N–H and O–H groups in total. The topological polar surface area (TPSA) is 27.7 Å². The van der Waals surface area contributed by atoms with Crippen LogP contribution in [0.4, 0.5) is 0 Å². The predicted molar refractivity (Wildman–Crippen MR) is 50.3 cm³/mol. The van der Waals surface area contributed by atoms with Crippen LogP contribution in [0.2, 0.25) is 0 Å². The summed E-state index contributed by atoms with van der Waals surface area (Å²) in [7, 11) is 1.68. The van der Waals surface area contributed by atoms with Gasteiger partial charge < -0.3 is 14.2 Å². The normalized spacial score (nSPS) is 25.8. The highest BCUT2D eigenvalue weighted by Gasteiger charge is 2.15. The maximum Gasteiger partial charge on any atom is 0.157 e. The van der Waals surface area contributed by atoms with Crippen LogP contribution in [0.1, 0.15) is 25.7 Å². The van der Waals surface area contributed by atoms with Gasteiger partial charge in [0.1, 0.15) is 0 Å². The minimum Gasteiger partial charge on any atom is -0.379 e. The predicted octanol–water partition coefficient (Wildman–Crippen LogP) is 1.77. The molecule has 0 aromatic heterocycles. The Kier molecular flexibility index (Phi) is 5.35. The molecule has 0 aromatic rings. The van der Waals surface area contributed by atoms with E-state index in [1.165, 1.54) is 6.42 Å². The van der Waals surface area contributed by atoms with E-state index < -0.39 is 0 Å². The number of hydrogen-bond donors (Lipinski definition) is 0. The second-order valence-corrected chi connectivity index (χ2v) is 3.28. The van der Waals surface area contributed by atoms with Crippen LogP contribution in [-0.2, 0) is 14.2 Å². The maximum absolute atomic E-state index is 5.54. The molecule has 3 nitrogen and oxygen atoms in total. The minimum absolute atomic E-state index is 0.0158. The lowest BCUT2D eigenvalue weighted by molar-refractivity contribution is -0.177. The summed E-state index contributed by atoms with van der Waals surface area (Å²) in [6.07, 6.45) is 4.19. The SMILES string of the molecule is [CH2]CC(COC1CCCCO1)OC. The fourth-order valence-corrected chi connectivity index (χ4v) is 1.33. The van der Waals surface area contributed by atoms with Gasteiger partial charge in [-0.15, -0.1) is 0 Å². The smallest absolute Gasteiger partial charge is 0.157 e. The molecule has 1 saturated heterocycles. The zero-order valence-corrected chi connectivity index (χ0v) is 8.33. The van der Waals surface area contributed by atoms with Crippen molar-refractivity contribution in [3.8, 4) is 0 Å². The molecule has 0 saturated carbocycles. The van der Waals surface area contributed by atoms with Crippen molar-refractivity contribution in [3.63, 3.8) is 0 Å². The van der Waals surface area contributed by atoms with E-state index >= 15 is 0 Å². The minimum atomic E-state index is -0.0158. The van der Waals surface area contributed by atoms with Gasteiger partial charge in [-0.3, -0.25) is 0 Å². The van der Waals surface area contributed by atoms with Gasteiger partial charge in [0.2, 0.25) is 0 Å². The molecule has 0 bridgehead atoms. The van der Waals surface area contributed by atoms with E-state index in [1.807, 2.05) is 0 Å². The first kappa shape index (κ1) is 11.0. The van der Waals surface area contributed by atoms with Crippen molar-refractivity contribution in [1.82, 2.24) is 0 Å². The van der Waals surface area contributed by atoms with Crippen molar-refractivity contribution in [1.29, 1.82) is 0 Å². The molecule has 3 heteroatoms. The second kappa shape index (κ2) is 6.35. The van der Waals surface area contributed by atoms with Gasteiger partial charge in [-0.2, -0.15) is 0 Å². The van der Waals surface area contributed by atoms with Crippen LogP contribution in [-0.4, -0.2) is 32.7 Å². The quantitative estimate of drug-likeness (QED) is 0.656. The Morgan fingerprint density at radius 1 is 1.54 bits per heavy atom. The molecular weight excluding hydrogens is 168 g/mol. The van der Waals surface area contributed by atoms with Gasteiger partial charge in [-0.1, -0.05) is 6.92 Å². The molecule has 0 spiro atoms. The first-order valence-electron chi connectivity index (χ1n) is 4.92.